The molecule has 1 aliphatic carbocycles. The molecule has 2 heterocycles. The Morgan fingerprint density at radius 3 is 2.88 bits per heavy atom. The van der Waals surface area contributed by atoms with Gasteiger partial charge >= 0.3 is 5.69 Å². The zero-order valence-corrected chi connectivity index (χ0v) is 16.8. The van der Waals surface area contributed by atoms with Crippen molar-refractivity contribution < 1.29 is 0 Å². The highest BCUT2D eigenvalue weighted by Crippen LogP contribution is 2.28. The molecule has 3 rings (SSSR count). The zero-order chi connectivity index (χ0) is 16.1. The lowest BCUT2D eigenvalue weighted by atomic mass is 10.2. The fourth-order valence-corrected chi connectivity index (χ4v) is 2.89. The molecule has 0 bridgehead atoms. The van der Waals surface area contributed by atoms with Crippen LogP contribution in [-0.2, 0) is 19.5 Å². The minimum absolute atomic E-state index is 0. The first kappa shape index (κ1) is 19.3. The predicted octanol–water partition coefficient (Wildman–Crippen LogP) is 1.35. The van der Waals surface area contributed by atoms with Crippen LogP contribution in [0.5, 0.6) is 0 Å². The van der Waals surface area contributed by atoms with Crippen molar-refractivity contribution in [3.63, 3.8) is 0 Å². The van der Waals surface area contributed by atoms with Gasteiger partial charge in [-0.15, -0.1) is 24.0 Å². The van der Waals surface area contributed by atoms with E-state index in [1.54, 1.807) is 4.68 Å². The zero-order valence-electron chi connectivity index (χ0n) is 14.5. The summed E-state index contributed by atoms with van der Waals surface area (Å²) in [6.07, 6.45) is 6.65. The van der Waals surface area contributed by atoms with Gasteiger partial charge in [-0.05, 0) is 44.9 Å². The number of nitrogens with one attached hydrogen (secondary N) is 2. The van der Waals surface area contributed by atoms with Crippen molar-refractivity contribution in [3.05, 3.63) is 16.3 Å². The maximum absolute atomic E-state index is 12.2. The van der Waals surface area contributed by atoms with Gasteiger partial charge in [0.2, 0.25) is 0 Å². The molecule has 0 aromatic carbocycles. The Labute approximate surface area is 160 Å². The lowest BCUT2D eigenvalue weighted by Crippen LogP contribution is -2.38. The minimum Gasteiger partial charge on any atom is -0.357 e. The fourth-order valence-electron chi connectivity index (χ4n) is 2.89. The quantitative estimate of drug-likeness (QED) is 0.286. The third kappa shape index (κ3) is 5.22. The van der Waals surface area contributed by atoms with Crippen molar-refractivity contribution >= 4 is 29.9 Å². The monoisotopic (exact) mass is 448 g/mol. The Bertz CT molecular complexity index is 604. The number of hydrogen-bond donors (Lipinski definition) is 2. The molecule has 0 amide bonds. The lowest BCUT2D eigenvalue weighted by molar-refractivity contribution is 0.509. The smallest absolute Gasteiger partial charge is 0.345 e. The van der Waals surface area contributed by atoms with E-state index in [0.717, 1.165) is 69.6 Å². The molecule has 0 atom stereocenters. The van der Waals surface area contributed by atoms with Gasteiger partial charge in [-0.25, -0.2) is 9.48 Å². The molecule has 1 aliphatic heterocycles. The van der Waals surface area contributed by atoms with Crippen LogP contribution in [0.3, 0.4) is 0 Å². The van der Waals surface area contributed by atoms with E-state index in [1.165, 1.54) is 12.8 Å². The Kier molecular flexibility index (Phi) is 7.57. The summed E-state index contributed by atoms with van der Waals surface area (Å²) in [6, 6.07) is 0. The van der Waals surface area contributed by atoms with Crippen molar-refractivity contribution in [1.29, 1.82) is 0 Å². The van der Waals surface area contributed by atoms with Gasteiger partial charge in [-0.3, -0.25) is 9.56 Å². The first-order valence-electron chi connectivity index (χ1n) is 8.96. The molecule has 0 saturated heterocycles. The summed E-state index contributed by atoms with van der Waals surface area (Å²) < 4.78 is 3.45. The highest BCUT2D eigenvalue weighted by atomic mass is 127. The Balaban J connectivity index is 0.00000208. The molecule has 0 spiro atoms. The van der Waals surface area contributed by atoms with Gasteiger partial charge in [-0.2, -0.15) is 5.10 Å². The van der Waals surface area contributed by atoms with E-state index in [9.17, 15) is 4.79 Å². The van der Waals surface area contributed by atoms with Crippen LogP contribution < -0.4 is 16.3 Å². The number of aliphatic imine (C=N–C) groups is 1. The molecule has 1 saturated carbocycles. The Morgan fingerprint density at radius 2 is 2.17 bits per heavy atom. The molecule has 2 aliphatic rings. The Morgan fingerprint density at radius 1 is 1.33 bits per heavy atom. The second-order valence-electron chi connectivity index (χ2n) is 6.47. The van der Waals surface area contributed by atoms with Crippen molar-refractivity contribution in [2.45, 2.75) is 58.5 Å². The molecule has 0 radical (unpaired) electrons. The van der Waals surface area contributed by atoms with Gasteiger partial charge in [0.05, 0.1) is 0 Å². The number of aromatic nitrogens is 3. The summed E-state index contributed by atoms with van der Waals surface area (Å²) in [5, 5.41) is 11.1. The van der Waals surface area contributed by atoms with E-state index in [-0.39, 0.29) is 29.7 Å². The molecule has 1 aromatic heterocycles. The molecular formula is C16H29IN6O. The average Bonchev–Trinajstić information content (AvgIpc) is 3.34. The van der Waals surface area contributed by atoms with Crippen molar-refractivity contribution in [2.75, 3.05) is 19.6 Å². The number of guanidine groups is 1. The van der Waals surface area contributed by atoms with Crippen molar-refractivity contribution in [3.8, 4) is 0 Å². The fraction of sp³-hybridized carbons (Fsp3) is 0.812. The lowest BCUT2D eigenvalue weighted by Gasteiger charge is -2.10. The van der Waals surface area contributed by atoms with Crippen LogP contribution in [0.2, 0.25) is 0 Å². The first-order chi connectivity index (χ1) is 11.3. The third-order valence-corrected chi connectivity index (χ3v) is 4.42. The van der Waals surface area contributed by atoms with Crippen molar-refractivity contribution in [1.82, 2.24) is 25.0 Å². The van der Waals surface area contributed by atoms with Gasteiger partial charge < -0.3 is 10.6 Å². The summed E-state index contributed by atoms with van der Waals surface area (Å²) in [4.78, 5) is 16.8. The number of hydrogen-bond acceptors (Lipinski definition) is 3. The van der Waals surface area contributed by atoms with E-state index in [0.29, 0.717) is 6.54 Å². The topological polar surface area (TPSA) is 76.2 Å². The summed E-state index contributed by atoms with van der Waals surface area (Å²) in [6.45, 7) is 6.14. The van der Waals surface area contributed by atoms with Crippen LogP contribution in [0.25, 0.3) is 0 Å². The molecule has 136 valence electrons. The molecule has 1 fully saturated rings. The summed E-state index contributed by atoms with van der Waals surface area (Å²) in [5.74, 6) is 2.63. The SMILES string of the molecule is CCNC(=NCC1CC1)NCCCn1nc2n(c1=O)CCCC2.I. The highest BCUT2D eigenvalue weighted by molar-refractivity contribution is 14.0. The van der Waals surface area contributed by atoms with E-state index in [2.05, 4.69) is 27.6 Å². The van der Waals surface area contributed by atoms with Crippen LogP contribution in [0.4, 0.5) is 0 Å². The summed E-state index contributed by atoms with van der Waals surface area (Å²) in [7, 11) is 0. The van der Waals surface area contributed by atoms with Crippen LogP contribution in [0, 0.1) is 5.92 Å². The van der Waals surface area contributed by atoms with Gasteiger partial charge in [0.1, 0.15) is 5.82 Å². The van der Waals surface area contributed by atoms with Gasteiger partial charge in [0.25, 0.3) is 0 Å². The standard InChI is InChI=1S/C16H28N6O.HI/c1-2-17-15(19-12-13-7-8-13)18-9-5-11-22-16(23)21-10-4-3-6-14(21)20-22;/h13H,2-12H2,1H3,(H2,17,18,19);1H. The Hall–Kier alpha value is -1.06. The second-order valence-corrected chi connectivity index (χ2v) is 6.47. The van der Waals surface area contributed by atoms with Gasteiger partial charge in [0.15, 0.2) is 5.96 Å². The maximum atomic E-state index is 12.2. The largest absolute Gasteiger partial charge is 0.357 e. The average molecular weight is 448 g/mol. The molecular weight excluding hydrogens is 419 g/mol. The van der Waals surface area contributed by atoms with Gasteiger partial charge in [-0.1, -0.05) is 0 Å². The van der Waals surface area contributed by atoms with Gasteiger partial charge in [0, 0.05) is 39.1 Å². The number of rotatable bonds is 7. The van der Waals surface area contributed by atoms with Crippen LogP contribution in [0.15, 0.2) is 9.79 Å². The van der Waals surface area contributed by atoms with Crippen LogP contribution in [0.1, 0.15) is 44.9 Å². The van der Waals surface area contributed by atoms with E-state index in [4.69, 9.17) is 0 Å². The number of nitrogens with zero attached hydrogens (tertiary/aromatic N) is 4. The van der Waals surface area contributed by atoms with E-state index in [1.807, 2.05) is 4.57 Å². The van der Waals surface area contributed by atoms with Crippen molar-refractivity contribution in [2.24, 2.45) is 10.9 Å². The first-order valence-corrected chi connectivity index (χ1v) is 8.96. The molecule has 7 nitrogen and oxygen atoms in total. The molecule has 8 heteroatoms. The highest BCUT2D eigenvalue weighted by Gasteiger charge is 2.20. The number of fused-ring (bicyclic) bond motifs is 1. The normalized spacial score (nSPS) is 17.1. The summed E-state index contributed by atoms with van der Waals surface area (Å²) in [5.41, 5.74) is 0.0500. The number of aryl methyl sites for hydroxylation is 2. The molecule has 24 heavy (non-hydrogen) atoms. The third-order valence-electron chi connectivity index (χ3n) is 4.42. The predicted molar refractivity (Wildman–Crippen MR) is 106 cm³/mol. The molecule has 1 aromatic rings. The van der Waals surface area contributed by atoms with Crippen LogP contribution >= 0.6 is 24.0 Å². The minimum atomic E-state index is 0. The van der Waals surface area contributed by atoms with E-state index < -0.39 is 0 Å². The second kappa shape index (κ2) is 9.43. The number of halogens is 1. The van der Waals surface area contributed by atoms with Crippen LogP contribution in [-0.4, -0.2) is 39.9 Å². The van der Waals surface area contributed by atoms with E-state index >= 15 is 0 Å². The molecule has 0 unspecified atom stereocenters. The maximum Gasteiger partial charge on any atom is 0.345 e. The molecule has 2 N–H and O–H groups in total. The summed E-state index contributed by atoms with van der Waals surface area (Å²) >= 11 is 0.